The van der Waals surface area contributed by atoms with Gasteiger partial charge in [0.25, 0.3) is 0 Å². The first-order chi connectivity index (χ1) is 6.56. The van der Waals surface area contributed by atoms with Gasteiger partial charge in [0.05, 0.1) is 5.69 Å². The van der Waals surface area contributed by atoms with Gasteiger partial charge in [-0.1, -0.05) is 6.07 Å². The number of rotatable bonds is 3. The van der Waals surface area contributed by atoms with Crippen LogP contribution in [0.25, 0.3) is 0 Å². The highest BCUT2D eigenvalue weighted by Crippen LogP contribution is 2.20. The van der Waals surface area contributed by atoms with Crippen molar-refractivity contribution in [3.8, 4) is 0 Å². The van der Waals surface area contributed by atoms with Crippen LogP contribution in [0.4, 0.5) is 10.1 Å². The van der Waals surface area contributed by atoms with Crippen molar-refractivity contribution in [3.05, 3.63) is 29.6 Å². The van der Waals surface area contributed by atoms with Gasteiger partial charge in [0, 0.05) is 0 Å². The van der Waals surface area contributed by atoms with E-state index in [1.54, 1.807) is 0 Å². The SMILES string of the molecule is NNc1cc(C(O)C(=O)O)ccc1F. The Labute approximate surface area is 78.9 Å². The molecule has 0 fully saturated rings. The molecule has 0 spiro atoms. The summed E-state index contributed by atoms with van der Waals surface area (Å²) < 4.78 is 12.9. The number of carboxylic acid groups (broad SMARTS) is 1. The molecule has 1 aromatic rings. The number of aliphatic hydroxyl groups excluding tert-OH is 1. The number of aliphatic carboxylic acids is 1. The van der Waals surface area contributed by atoms with Gasteiger partial charge in [0.15, 0.2) is 6.10 Å². The second-order valence-corrected chi connectivity index (χ2v) is 2.62. The van der Waals surface area contributed by atoms with Crippen LogP contribution >= 0.6 is 0 Å². The number of hydrogen-bond donors (Lipinski definition) is 4. The Morgan fingerprint density at radius 1 is 1.57 bits per heavy atom. The molecule has 1 rings (SSSR count). The highest BCUT2D eigenvalue weighted by atomic mass is 19.1. The number of halogens is 1. The minimum atomic E-state index is -1.68. The van der Waals surface area contributed by atoms with Gasteiger partial charge in [0.2, 0.25) is 0 Å². The van der Waals surface area contributed by atoms with Gasteiger partial charge >= 0.3 is 5.97 Å². The molecule has 5 nitrogen and oxygen atoms in total. The molecule has 1 aromatic carbocycles. The van der Waals surface area contributed by atoms with Crippen LogP contribution in [-0.2, 0) is 4.79 Å². The fourth-order valence-electron chi connectivity index (χ4n) is 0.966. The maximum absolute atomic E-state index is 12.9. The summed E-state index contributed by atoms with van der Waals surface area (Å²) in [6.45, 7) is 0. The molecule has 5 N–H and O–H groups in total. The Morgan fingerprint density at radius 2 is 2.21 bits per heavy atom. The molecule has 6 heteroatoms. The van der Waals surface area contributed by atoms with Gasteiger partial charge in [0.1, 0.15) is 5.82 Å². The average molecular weight is 200 g/mol. The van der Waals surface area contributed by atoms with Crippen LogP contribution < -0.4 is 11.3 Å². The van der Waals surface area contributed by atoms with E-state index < -0.39 is 17.9 Å². The Morgan fingerprint density at radius 3 is 2.71 bits per heavy atom. The van der Waals surface area contributed by atoms with E-state index in [1.807, 2.05) is 0 Å². The van der Waals surface area contributed by atoms with Crippen LogP contribution in [0.1, 0.15) is 11.7 Å². The Kier molecular flexibility index (Phi) is 3.00. The largest absolute Gasteiger partial charge is 0.479 e. The third-order valence-corrected chi connectivity index (χ3v) is 1.70. The molecular weight excluding hydrogens is 191 g/mol. The van der Waals surface area contributed by atoms with Crippen LogP contribution in [0.5, 0.6) is 0 Å². The lowest BCUT2D eigenvalue weighted by molar-refractivity contribution is -0.146. The van der Waals surface area contributed by atoms with Crippen molar-refractivity contribution in [2.45, 2.75) is 6.10 Å². The zero-order chi connectivity index (χ0) is 10.7. The maximum atomic E-state index is 12.9. The van der Waals surface area contributed by atoms with Gasteiger partial charge in [-0.2, -0.15) is 0 Å². The van der Waals surface area contributed by atoms with E-state index in [9.17, 15) is 9.18 Å². The van der Waals surface area contributed by atoms with Crippen molar-refractivity contribution in [1.82, 2.24) is 0 Å². The van der Waals surface area contributed by atoms with Gasteiger partial charge in [-0.3, -0.25) is 5.84 Å². The van der Waals surface area contributed by atoms with Crippen LogP contribution in [0.2, 0.25) is 0 Å². The standard InChI is InChI=1S/C8H9FN2O3/c9-5-2-1-4(3-6(5)11-10)7(12)8(13)14/h1-3,7,11-12H,10H2,(H,13,14). The highest BCUT2D eigenvalue weighted by molar-refractivity contribution is 5.74. The van der Waals surface area contributed by atoms with E-state index >= 15 is 0 Å². The first-order valence-corrected chi connectivity index (χ1v) is 3.73. The number of carbonyl (C=O) groups is 1. The number of hydrazine groups is 1. The summed E-state index contributed by atoms with van der Waals surface area (Å²) in [7, 11) is 0. The van der Waals surface area contributed by atoms with Crippen molar-refractivity contribution in [3.63, 3.8) is 0 Å². The first-order valence-electron chi connectivity index (χ1n) is 3.73. The first kappa shape index (κ1) is 10.4. The van der Waals surface area contributed by atoms with Crippen molar-refractivity contribution >= 4 is 11.7 Å². The quantitative estimate of drug-likeness (QED) is 0.413. The molecule has 0 saturated carbocycles. The van der Waals surface area contributed by atoms with Crippen LogP contribution in [0.3, 0.4) is 0 Å². The van der Waals surface area contributed by atoms with Crippen LogP contribution in [0.15, 0.2) is 18.2 Å². The molecule has 0 aliphatic heterocycles. The topological polar surface area (TPSA) is 95.6 Å². The van der Waals surface area contributed by atoms with Crippen molar-refractivity contribution in [1.29, 1.82) is 0 Å². The molecule has 0 saturated heterocycles. The maximum Gasteiger partial charge on any atom is 0.337 e. The van der Waals surface area contributed by atoms with Gasteiger partial charge in [-0.25, -0.2) is 9.18 Å². The zero-order valence-electron chi connectivity index (χ0n) is 7.07. The lowest BCUT2D eigenvalue weighted by Gasteiger charge is -2.08. The van der Waals surface area contributed by atoms with Gasteiger partial charge in [-0.05, 0) is 17.7 Å². The van der Waals surface area contributed by atoms with Crippen molar-refractivity contribution in [2.75, 3.05) is 5.43 Å². The molecule has 0 bridgehead atoms. The van der Waals surface area contributed by atoms with E-state index in [0.717, 1.165) is 12.1 Å². The number of hydrogen-bond acceptors (Lipinski definition) is 4. The van der Waals surface area contributed by atoms with Gasteiger partial charge < -0.3 is 15.6 Å². The molecule has 76 valence electrons. The normalized spacial score (nSPS) is 12.2. The second-order valence-electron chi connectivity index (χ2n) is 2.62. The van der Waals surface area contributed by atoms with E-state index in [1.165, 1.54) is 6.07 Å². The van der Waals surface area contributed by atoms with E-state index in [2.05, 4.69) is 5.43 Å². The summed E-state index contributed by atoms with van der Waals surface area (Å²) in [5.74, 6) is 2.96. The van der Waals surface area contributed by atoms with E-state index in [0.29, 0.717) is 0 Å². The third kappa shape index (κ3) is 1.98. The Balaban J connectivity index is 3.06. The molecule has 0 heterocycles. The molecule has 0 aromatic heterocycles. The Bertz CT molecular complexity index is 356. The molecule has 0 radical (unpaired) electrons. The predicted octanol–water partition coefficient (Wildman–Crippen LogP) is 0.229. The number of nitrogen functional groups attached to an aromatic ring is 1. The Hall–Kier alpha value is -1.66. The summed E-state index contributed by atoms with van der Waals surface area (Å²) in [5, 5.41) is 17.6. The zero-order valence-corrected chi connectivity index (χ0v) is 7.07. The lowest BCUT2D eigenvalue weighted by atomic mass is 10.1. The summed E-state index contributed by atoms with van der Waals surface area (Å²) >= 11 is 0. The highest BCUT2D eigenvalue weighted by Gasteiger charge is 2.16. The van der Waals surface area contributed by atoms with Crippen molar-refractivity contribution in [2.24, 2.45) is 5.84 Å². The monoisotopic (exact) mass is 200 g/mol. The van der Waals surface area contributed by atoms with Gasteiger partial charge in [-0.15, -0.1) is 0 Å². The average Bonchev–Trinajstić information content (AvgIpc) is 2.17. The number of nitrogens with two attached hydrogens (primary N) is 1. The predicted molar refractivity (Wildman–Crippen MR) is 46.8 cm³/mol. The summed E-state index contributed by atoms with van der Waals surface area (Å²) in [4.78, 5) is 10.4. The summed E-state index contributed by atoms with van der Waals surface area (Å²) in [5.41, 5.74) is 2.05. The van der Waals surface area contributed by atoms with E-state index in [-0.39, 0.29) is 11.3 Å². The third-order valence-electron chi connectivity index (χ3n) is 1.70. The number of carboxylic acids is 1. The fourth-order valence-corrected chi connectivity index (χ4v) is 0.966. The molecule has 0 amide bonds. The molecule has 0 aliphatic rings. The molecule has 1 atom stereocenters. The van der Waals surface area contributed by atoms with Crippen LogP contribution in [-0.4, -0.2) is 16.2 Å². The minimum absolute atomic E-state index is 0.0619. The molecular formula is C8H9FN2O3. The number of anilines is 1. The second kappa shape index (κ2) is 4.03. The van der Waals surface area contributed by atoms with E-state index in [4.69, 9.17) is 16.1 Å². The number of benzene rings is 1. The van der Waals surface area contributed by atoms with Crippen LogP contribution in [0, 0.1) is 5.82 Å². The molecule has 14 heavy (non-hydrogen) atoms. The van der Waals surface area contributed by atoms with Crippen molar-refractivity contribution < 1.29 is 19.4 Å². The number of aliphatic hydroxyl groups is 1. The molecule has 0 aliphatic carbocycles. The summed E-state index contributed by atoms with van der Waals surface area (Å²) in [6.07, 6.45) is -1.68. The molecule has 1 unspecified atom stereocenters. The summed E-state index contributed by atoms with van der Waals surface area (Å²) in [6, 6.07) is 3.33. The smallest absolute Gasteiger partial charge is 0.337 e. The fraction of sp³-hybridized carbons (Fsp3) is 0.125. The minimum Gasteiger partial charge on any atom is -0.479 e. The lowest BCUT2D eigenvalue weighted by Crippen LogP contribution is -2.13. The number of nitrogens with one attached hydrogen (secondary N) is 1.